The Hall–Kier alpha value is -2.04. The van der Waals surface area contributed by atoms with Gasteiger partial charge in [-0.1, -0.05) is 37.0 Å². The fourth-order valence-electron chi connectivity index (χ4n) is 3.10. The number of urea groups is 1. The number of hydrogen-bond donors (Lipinski definition) is 3. The Morgan fingerprint density at radius 2 is 1.88 bits per heavy atom. The van der Waals surface area contributed by atoms with E-state index in [0.29, 0.717) is 25.4 Å². The standard InChI is InChI=1S/C19H29N3O2/c1-14-10-11-17(15(2)13-14)22-18(23)9-6-12-20-19(24)21-16-7-4-3-5-8-16/h10-11,13,16H,3-9,12H2,1-2H3,(H,22,23)(H2,20,21,24). The van der Waals surface area contributed by atoms with Crippen molar-refractivity contribution in [3.63, 3.8) is 0 Å². The molecule has 3 amide bonds. The molecule has 0 bridgehead atoms. The zero-order chi connectivity index (χ0) is 17.4. The van der Waals surface area contributed by atoms with Gasteiger partial charge in [0.05, 0.1) is 0 Å². The first kappa shape index (κ1) is 18.3. The number of carbonyl (C=O) groups excluding carboxylic acids is 2. The van der Waals surface area contributed by atoms with Crippen molar-refractivity contribution in [3.05, 3.63) is 29.3 Å². The van der Waals surface area contributed by atoms with E-state index >= 15 is 0 Å². The number of anilines is 1. The van der Waals surface area contributed by atoms with Crippen LogP contribution >= 0.6 is 0 Å². The third kappa shape index (κ3) is 6.22. The van der Waals surface area contributed by atoms with Crippen LogP contribution in [0, 0.1) is 13.8 Å². The first-order chi connectivity index (χ1) is 11.5. The molecule has 132 valence electrons. The summed E-state index contributed by atoms with van der Waals surface area (Å²) in [6.07, 6.45) is 6.85. The van der Waals surface area contributed by atoms with E-state index < -0.39 is 0 Å². The lowest BCUT2D eigenvalue weighted by molar-refractivity contribution is -0.116. The van der Waals surface area contributed by atoms with E-state index in [4.69, 9.17) is 0 Å². The van der Waals surface area contributed by atoms with Crippen molar-refractivity contribution in [1.29, 1.82) is 0 Å². The minimum atomic E-state index is -0.114. The summed E-state index contributed by atoms with van der Waals surface area (Å²) in [6, 6.07) is 6.16. The molecule has 5 nitrogen and oxygen atoms in total. The monoisotopic (exact) mass is 331 g/mol. The maximum atomic E-state index is 12.0. The second-order valence-electron chi connectivity index (χ2n) is 6.71. The minimum absolute atomic E-state index is 0.0172. The number of amides is 3. The Morgan fingerprint density at radius 1 is 1.12 bits per heavy atom. The van der Waals surface area contributed by atoms with Crippen molar-refractivity contribution in [1.82, 2.24) is 10.6 Å². The van der Waals surface area contributed by atoms with E-state index in [2.05, 4.69) is 16.0 Å². The molecule has 1 aliphatic carbocycles. The van der Waals surface area contributed by atoms with E-state index in [1.165, 1.54) is 24.8 Å². The van der Waals surface area contributed by atoms with Gasteiger partial charge >= 0.3 is 6.03 Å². The van der Waals surface area contributed by atoms with Gasteiger partial charge in [0.2, 0.25) is 5.91 Å². The maximum absolute atomic E-state index is 12.0. The largest absolute Gasteiger partial charge is 0.338 e. The normalized spacial score (nSPS) is 14.9. The number of carbonyl (C=O) groups is 2. The van der Waals surface area contributed by atoms with Crippen LogP contribution in [0.2, 0.25) is 0 Å². The fourth-order valence-corrected chi connectivity index (χ4v) is 3.10. The first-order valence-corrected chi connectivity index (χ1v) is 8.96. The minimum Gasteiger partial charge on any atom is -0.338 e. The quantitative estimate of drug-likeness (QED) is 0.696. The van der Waals surface area contributed by atoms with Gasteiger partial charge in [0.1, 0.15) is 0 Å². The van der Waals surface area contributed by atoms with Gasteiger partial charge < -0.3 is 16.0 Å². The Balaban J connectivity index is 1.61. The molecule has 1 saturated carbocycles. The molecule has 3 N–H and O–H groups in total. The van der Waals surface area contributed by atoms with Crippen LogP contribution in [-0.4, -0.2) is 24.5 Å². The van der Waals surface area contributed by atoms with Crippen LogP contribution in [0.25, 0.3) is 0 Å². The van der Waals surface area contributed by atoms with Crippen molar-refractivity contribution in [2.24, 2.45) is 0 Å². The van der Waals surface area contributed by atoms with E-state index in [0.717, 1.165) is 24.1 Å². The Labute approximate surface area is 144 Å². The molecule has 0 radical (unpaired) electrons. The molecule has 24 heavy (non-hydrogen) atoms. The summed E-state index contributed by atoms with van der Waals surface area (Å²) in [5.74, 6) is -0.0172. The molecule has 1 aliphatic rings. The van der Waals surface area contributed by atoms with Gasteiger partial charge in [-0.3, -0.25) is 4.79 Å². The number of rotatable bonds is 6. The zero-order valence-corrected chi connectivity index (χ0v) is 14.8. The van der Waals surface area contributed by atoms with Crippen LogP contribution in [0.4, 0.5) is 10.5 Å². The van der Waals surface area contributed by atoms with Crippen molar-refractivity contribution in [3.8, 4) is 0 Å². The molecule has 0 heterocycles. The molecular weight excluding hydrogens is 302 g/mol. The fraction of sp³-hybridized carbons (Fsp3) is 0.579. The van der Waals surface area contributed by atoms with Gasteiger partial charge in [-0.15, -0.1) is 0 Å². The summed E-state index contributed by atoms with van der Waals surface area (Å²) < 4.78 is 0. The number of nitrogens with one attached hydrogen (secondary N) is 3. The van der Waals surface area contributed by atoms with Crippen LogP contribution in [0.5, 0.6) is 0 Å². The lowest BCUT2D eigenvalue weighted by Crippen LogP contribution is -2.43. The summed E-state index contributed by atoms with van der Waals surface area (Å²) in [7, 11) is 0. The SMILES string of the molecule is Cc1ccc(NC(=O)CCCNC(=O)NC2CCCCC2)c(C)c1. The Bertz CT molecular complexity index is 566. The molecule has 0 aliphatic heterocycles. The number of aryl methyl sites for hydroxylation is 2. The second kappa shape index (κ2) is 9.30. The summed E-state index contributed by atoms with van der Waals surface area (Å²) in [5, 5.41) is 8.77. The molecule has 2 rings (SSSR count). The third-order valence-corrected chi connectivity index (χ3v) is 4.46. The highest BCUT2D eigenvalue weighted by atomic mass is 16.2. The number of hydrogen-bond acceptors (Lipinski definition) is 2. The molecule has 0 aromatic heterocycles. The summed E-state index contributed by atoms with van der Waals surface area (Å²) in [4.78, 5) is 23.8. The summed E-state index contributed by atoms with van der Waals surface area (Å²) >= 11 is 0. The van der Waals surface area contributed by atoms with Gasteiger partial charge in [-0.2, -0.15) is 0 Å². The van der Waals surface area contributed by atoms with Crippen molar-refractivity contribution in [2.75, 3.05) is 11.9 Å². The van der Waals surface area contributed by atoms with Gasteiger partial charge in [0.15, 0.2) is 0 Å². The Kier molecular flexibility index (Phi) is 7.09. The average Bonchev–Trinajstić information content (AvgIpc) is 2.55. The third-order valence-electron chi connectivity index (χ3n) is 4.46. The van der Waals surface area contributed by atoms with Crippen molar-refractivity contribution >= 4 is 17.6 Å². The lowest BCUT2D eigenvalue weighted by Gasteiger charge is -2.22. The van der Waals surface area contributed by atoms with Gasteiger partial charge in [0, 0.05) is 24.7 Å². The van der Waals surface area contributed by atoms with Crippen molar-refractivity contribution in [2.45, 2.75) is 64.8 Å². The topological polar surface area (TPSA) is 70.2 Å². The zero-order valence-electron chi connectivity index (χ0n) is 14.8. The van der Waals surface area contributed by atoms with E-state index in [-0.39, 0.29) is 11.9 Å². The highest BCUT2D eigenvalue weighted by Crippen LogP contribution is 2.17. The average molecular weight is 331 g/mol. The van der Waals surface area contributed by atoms with Crippen LogP contribution in [0.15, 0.2) is 18.2 Å². The molecule has 0 atom stereocenters. The van der Waals surface area contributed by atoms with Crippen LogP contribution in [0.3, 0.4) is 0 Å². The van der Waals surface area contributed by atoms with Gasteiger partial charge in [0.25, 0.3) is 0 Å². The van der Waals surface area contributed by atoms with Crippen LogP contribution < -0.4 is 16.0 Å². The van der Waals surface area contributed by atoms with E-state index in [1.807, 2.05) is 32.0 Å². The molecule has 5 heteroatoms. The number of benzene rings is 1. The molecule has 0 spiro atoms. The van der Waals surface area contributed by atoms with E-state index in [9.17, 15) is 9.59 Å². The van der Waals surface area contributed by atoms with Gasteiger partial charge in [-0.25, -0.2) is 4.79 Å². The van der Waals surface area contributed by atoms with E-state index in [1.54, 1.807) is 0 Å². The molecule has 0 unspecified atom stereocenters. The summed E-state index contributed by atoms with van der Waals surface area (Å²) in [6.45, 7) is 4.53. The maximum Gasteiger partial charge on any atom is 0.315 e. The highest BCUT2D eigenvalue weighted by molar-refractivity contribution is 5.91. The molecule has 1 aromatic rings. The molecule has 1 aromatic carbocycles. The smallest absolute Gasteiger partial charge is 0.315 e. The Morgan fingerprint density at radius 3 is 2.58 bits per heavy atom. The molecular formula is C19H29N3O2. The highest BCUT2D eigenvalue weighted by Gasteiger charge is 2.15. The summed E-state index contributed by atoms with van der Waals surface area (Å²) in [5.41, 5.74) is 3.10. The lowest BCUT2D eigenvalue weighted by atomic mass is 9.96. The van der Waals surface area contributed by atoms with Crippen molar-refractivity contribution < 1.29 is 9.59 Å². The van der Waals surface area contributed by atoms with Crippen LogP contribution in [0.1, 0.15) is 56.1 Å². The predicted octanol–water partition coefficient (Wildman–Crippen LogP) is 3.65. The second-order valence-corrected chi connectivity index (χ2v) is 6.71. The first-order valence-electron chi connectivity index (χ1n) is 8.96. The molecule has 0 saturated heterocycles. The van der Waals surface area contributed by atoms with Gasteiger partial charge in [-0.05, 0) is 44.7 Å². The predicted molar refractivity (Wildman–Crippen MR) is 97.2 cm³/mol. The molecule has 1 fully saturated rings. The van der Waals surface area contributed by atoms with Crippen LogP contribution in [-0.2, 0) is 4.79 Å².